The second kappa shape index (κ2) is 2.15. The van der Waals surface area contributed by atoms with Gasteiger partial charge in [0.2, 0.25) is 0 Å². The lowest BCUT2D eigenvalue weighted by Gasteiger charge is -1.75. The summed E-state index contributed by atoms with van der Waals surface area (Å²) < 4.78 is 0. The van der Waals surface area contributed by atoms with E-state index in [1.807, 2.05) is 0 Å². The van der Waals surface area contributed by atoms with Gasteiger partial charge in [0.25, 0.3) is 0 Å². The highest BCUT2D eigenvalue weighted by Crippen LogP contribution is 2.29. The molecule has 40 valence electrons. The van der Waals surface area contributed by atoms with Crippen LogP contribution in [-0.4, -0.2) is 0 Å². The fourth-order valence-electron chi connectivity index (χ4n) is 0.617. The van der Waals surface area contributed by atoms with Crippen LogP contribution < -0.4 is 0 Å². The van der Waals surface area contributed by atoms with Gasteiger partial charge in [-0.1, -0.05) is 19.1 Å². The van der Waals surface area contributed by atoms with E-state index in [2.05, 4.69) is 19.1 Å². The van der Waals surface area contributed by atoms with Crippen LogP contribution in [0.1, 0.15) is 26.2 Å². The molecule has 1 aliphatic rings. The van der Waals surface area contributed by atoms with Gasteiger partial charge in [-0.15, -0.1) is 0 Å². The van der Waals surface area contributed by atoms with E-state index in [4.69, 9.17) is 0 Å². The van der Waals surface area contributed by atoms with Crippen molar-refractivity contribution in [3.63, 3.8) is 0 Å². The van der Waals surface area contributed by atoms with Gasteiger partial charge in [-0.25, -0.2) is 0 Å². The fourth-order valence-corrected chi connectivity index (χ4v) is 0.617. The molecule has 0 saturated heterocycles. The van der Waals surface area contributed by atoms with Crippen molar-refractivity contribution in [1.82, 2.24) is 0 Å². The first-order valence-electron chi connectivity index (χ1n) is 3.10. The smallest absolute Gasteiger partial charge is 0.0233 e. The first-order chi connectivity index (χ1) is 3.43. The van der Waals surface area contributed by atoms with Crippen molar-refractivity contribution >= 4 is 0 Å². The maximum Gasteiger partial charge on any atom is -0.0233 e. The molecular weight excluding hydrogens is 84.1 g/mol. The minimum absolute atomic E-state index is 0.972. The number of hydrogen-bond donors (Lipinski definition) is 0. The van der Waals surface area contributed by atoms with Crippen LogP contribution in [0.3, 0.4) is 0 Å². The highest BCUT2D eigenvalue weighted by atomic mass is 14.2. The van der Waals surface area contributed by atoms with Gasteiger partial charge in [-0.3, -0.25) is 0 Å². The first-order valence-corrected chi connectivity index (χ1v) is 3.10. The summed E-state index contributed by atoms with van der Waals surface area (Å²) in [5, 5.41) is 0. The molecule has 0 bridgehead atoms. The van der Waals surface area contributed by atoms with Crippen molar-refractivity contribution in [1.29, 1.82) is 0 Å². The lowest BCUT2D eigenvalue weighted by Crippen LogP contribution is -1.59. The lowest BCUT2D eigenvalue weighted by molar-refractivity contribution is 1.09. The largest absolute Gasteiger partial charge is 0.0885 e. The molecular formula is C7H12. The third-order valence-corrected chi connectivity index (χ3v) is 1.27. The van der Waals surface area contributed by atoms with E-state index in [-0.39, 0.29) is 0 Å². The second-order valence-electron chi connectivity index (χ2n) is 2.17. The summed E-state index contributed by atoms with van der Waals surface area (Å²) >= 11 is 0. The molecule has 0 heteroatoms. The second-order valence-corrected chi connectivity index (χ2v) is 2.17. The molecule has 0 aromatic heterocycles. The van der Waals surface area contributed by atoms with Crippen LogP contribution in [0, 0.1) is 5.92 Å². The average molecular weight is 96.2 g/mol. The Morgan fingerprint density at radius 1 is 1.57 bits per heavy atom. The van der Waals surface area contributed by atoms with Crippen molar-refractivity contribution in [2.24, 2.45) is 5.92 Å². The van der Waals surface area contributed by atoms with Gasteiger partial charge in [0, 0.05) is 0 Å². The molecule has 0 atom stereocenters. The fraction of sp³-hybridized carbons (Fsp3) is 0.714. The molecule has 0 spiro atoms. The SMILES string of the molecule is CC/C=C\C1CC1. The van der Waals surface area contributed by atoms with Gasteiger partial charge in [-0.05, 0) is 25.2 Å². The minimum Gasteiger partial charge on any atom is -0.0885 e. The molecule has 1 saturated carbocycles. The highest BCUT2D eigenvalue weighted by molar-refractivity contribution is 4.94. The average Bonchev–Trinajstić information content (AvgIpc) is 2.42. The molecule has 0 aromatic rings. The van der Waals surface area contributed by atoms with Crippen LogP contribution >= 0.6 is 0 Å². The number of rotatable bonds is 2. The molecule has 7 heavy (non-hydrogen) atoms. The van der Waals surface area contributed by atoms with Crippen molar-refractivity contribution in [3.8, 4) is 0 Å². The van der Waals surface area contributed by atoms with E-state index in [1.165, 1.54) is 19.3 Å². The van der Waals surface area contributed by atoms with Crippen LogP contribution in [0.4, 0.5) is 0 Å². The van der Waals surface area contributed by atoms with E-state index in [0.29, 0.717) is 0 Å². The topological polar surface area (TPSA) is 0 Å². The molecule has 0 N–H and O–H groups in total. The summed E-state index contributed by atoms with van der Waals surface area (Å²) in [6, 6.07) is 0. The third-order valence-electron chi connectivity index (χ3n) is 1.27. The Morgan fingerprint density at radius 2 is 2.29 bits per heavy atom. The predicted molar refractivity (Wildman–Crippen MR) is 32.2 cm³/mol. The first kappa shape index (κ1) is 4.89. The zero-order valence-electron chi connectivity index (χ0n) is 4.85. The van der Waals surface area contributed by atoms with E-state index < -0.39 is 0 Å². The number of hydrogen-bond acceptors (Lipinski definition) is 0. The minimum atomic E-state index is 0.972. The molecule has 0 aliphatic heterocycles. The molecule has 1 rings (SSSR count). The molecule has 1 aliphatic carbocycles. The van der Waals surface area contributed by atoms with Gasteiger partial charge >= 0.3 is 0 Å². The summed E-state index contributed by atoms with van der Waals surface area (Å²) in [5.74, 6) is 0.972. The Hall–Kier alpha value is -0.260. The summed E-state index contributed by atoms with van der Waals surface area (Å²) in [4.78, 5) is 0. The molecule has 0 aromatic carbocycles. The zero-order valence-corrected chi connectivity index (χ0v) is 4.85. The van der Waals surface area contributed by atoms with E-state index >= 15 is 0 Å². The van der Waals surface area contributed by atoms with Crippen LogP contribution in [0.15, 0.2) is 12.2 Å². The van der Waals surface area contributed by atoms with E-state index in [9.17, 15) is 0 Å². The van der Waals surface area contributed by atoms with Gasteiger partial charge < -0.3 is 0 Å². The predicted octanol–water partition coefficient (Wildman–Crippen LogP) is 2.36. The van der Waals surface area contributed by atoms with Crippen molar-refractivity contribution in [2.45, 2.75) is 26.2 Å². The van der Waals surface area contributed by atoms with Crippen LogP contribution in [0.2, 0.25) is 0 Å². The standard InChI is InChI=1S/C7H12/c1-2-3-4-7-5-6-7/h3-4,7H,2,5-6H2,1H3/b4-3-. The maximum absolute atomic E-state index is 2.33. The molecule has 0 nitrogen and oxygen atoms in total. The summed E-state index contributed by atoms with van der Waals surface area (Å²) in [5.41, 5.74) is 0. The molecule has 0 heterocycles. The normalized spacial score (nSPS) is 21.3. The van der Waals surface area contributed by atoms with Gasteiger partial charge in [0.15, 0.2) is 0 Å². The van der Waals surface area contributed by atoms with Crippen LogP contribution in [0.25, 0.3) is 0 Å². The monoisotopic (exact) mass is 96.1 g/mol. The zero-order chi connectivity index (χ0) is 5.11. The molecule has 0 radical (unpaired) electrons. The Bertz CT molecular complexity index is 68.1. The Balaban J connectivity index is 2.05. The van der Waals surface area contributed by atoms with E-state index in [1.54, 1.807) is 0 Å². The van der Waals surface area contributed by atoms with Crippen LogP contribution in [-0.2, 0) is 0 Å². The highest BCUT2D eigenvalue weighted by Gasteiger charge is 2.16. The van der Waals surface area contributed by atoms with E-state index in [0.717, 1.165) is 5.92 Å². The van der Waals surface area contributed by atoms with Gasteiger partial charge in [-0.2, -0.15) is 0 Å². The Morgan fingerprint density at radius 3 is 2.71 bits per heavy atom. The molecule has 1 fully saturated rings. The number of allylic oxidation sites excluding steroid dienone is 2. The van der Waals surface area contributed by atoms with Gasteiger partial charge in [0.1, 0.15) is 0 Å². The van der Waals surface area contributed by atoms with Crippen LogP contribution in [0.5, 0.6) is 0 Å². The summed E-state index contributed by atoms with van der Waals surface area (Å²) in [6.07, 6.45) is 8.68. The Kier molecular flexibility index (Phi) is 1.50. The summed E-state index contributed by atoms with van der Waals surface area (Å²) in [7, 11) is 0. The summed E-state index contributed by atoms with van der Waals surface area (Å²) in [6.45, 7) is 2.18. The van der Waals surface area contributed by atoms with Crippen molar-refractivity contribution in [2.75, 3.05) is 0 Å². The van der Waals surface area contributed by atoms with Gasteiger partial charge in [0.05, 0.1) is 0 Å². The van der Waals surface area contributed by atoms with Crippen molar-refractivity contribution < 1.29 is 0 Å². The lowest BCUT2D eigenvalue weighted by atomic mass is 10.3. The molecule has 0 unspecified atom stereocenters. The molecule has 0 amide bonds. The maximum atomic E-state index is 2.33. The third kappa shape index (κ3) is 1.77. The Labute approximate surface area is 45.2 Å². The van der Waals surface area contributed by atoms with Crippen molar-refractivity contribution in [3.05, 3.63) is 12.2 Å². The quantitative estimate of drug-likeness (QED) is 0.463.